The van der Waals surface area contributed by atoms with E-state index >= 15 is 0 Å². The number of nitrogens with two attached hydrogens (primary N) is 2. The number of amides is 3. The molecule has 13 heteroatoms. The third-order valence-electron chi connectivity index (χ3n) is 6.26. The zero-order valence-corrected chi connectivity index (χ0v) is 22.2. The van der Waals surface area contributed by atoms with E-state index in [4.69, 9.17) is 25.7 Å². The third kappa shape index (κ3) is 5.89. The Bertz CT molecular complexity index is 1360. The maximum atomic E-state index is 14.1. The quantitative estimate of drug-likeness (QED) is 0.292. The second-order valence-electron chi connectivity index (χ2n) is 8.73. The summed E-state index contributed by atoms with van der Waals surface area (Å²) in [6.07, 6.45) is 1.55. The predicted octanol–water partition coefficient (Wildman–Crippen LogP) is 2.23. The lowest BCUT2D eigenvalue weighted by Gasteiger charge is -2.32. The number of aromatic hydroxyl groups is 1. The van der Waals surface area contributed by atoms with E-state index in [0.29, 0.717) is 35.2 Å². The number of nitrogens with zero attached hydrogens (tertiary/aromatic N) is 2. The van der Waals surface area contributed by atoms with E-state index in [0.717, 1.165) is 12.8 Å². The number of hydrogen-bond donors (Lipinski definition) is 4. The SMILES string of the molecule is COc1ccc(N(C(=O)c2snc(C(N)=O)c2N)[C@@H](C(=O)NC[C@H]2CCCO2)c2ccc(O)cc2)cc1OC. The topological polar surface area (TPSA) is 179 Å². The molecule has 2 atom stereocenters. The molecule has 0 radical (unpaired) electrons. The van der Waals surface area contributed by atoms with E-state index in [1.54, 1.807) is 18.2 Å². The molecule has 0 bridgehead atoms. The number of carbonyl (C=O) groups excluding carboxylic acids is 3. The summed E-state index contributed by atoms with van der Waals surface area (Å²) >= 11 is 0.699. The van der Waals surface area contributed by atoms with Crippen LogP contribution in [0, 0.1) is 0 Å². The van der Waals surface area contributed by atoms with E-state index < -0.39 is 23.8 Å². The zero-order chi connectivity index (χ0) is 28.1. The molecule has 1 aliphatic rings. The Balaban J connectivity index is 1.85. The number of nitrogens with one attached hydrogen (secondary N) is 1. The molecule has 0 spiro atoms. The summed E-state index contributed by atoms with van der Waals surface area (Å²) in [5, 5.41) is 12.8. The number of rotatable bonds is 10. The highest BCUT2D eigenvalue weighted by atomic mass is 32.1. The van der Waals surface area contributed by atoms with Gasteiger partial charge in [0, 0.05) is 24.9 Å². The first-order valence-corrected chi connectivity index (χ1v) is 12.8. The highest BCUT2D eigenvalue weighted by Gasteiger charge is 2.37. The van der Waals surface area contributed by atoms with Crippen molar-refractivity contribution in [3.05, 3.63) is 58.6 Å². The number of methoxy groups -OCH3 is 2. The summed E-state index contributed by atoms with van der Waals surface area (Å²) < 4.78 is 20.4. The molecule has 1 aliphatic heterocycles. The Morgan fingerprint density at radius 1 is 1.18 bits per heavy atom. The van der Waals surface area contributed by atoms with Gasteiger partial charge in [-0.1, -0.05) is 12.1 Å². The van der Waals surface area contributed by atoms with Crippen molar-refractivity contribution in [1.82, 2.24) is 9.69 Å². The minimum Gasteiger partial charge on any atom is -0.508 e. The van der Waals surface area contributed by atoms with Crippen molar-refractivity contribution in [2.24, 2.45) is 5.73 Å². The molecule has 1 aromatic heterocycles. The fraction of sp³-hybridized carbons (Fsp3) is 0.308. The van der Waals surface area contributed by atoms with Gasteiger partial charge in [0.15, 0.2) is 17.2 Å². The lowest BCUT2D eigenvalue weighted by atomic mass is 10.0. The number of primary amides is 1. The van der Waals surface area contributed by atoms with Crippen LogP contribution in [-0.4, -0.2) is 60.7 Å². The fourth-order valence-electron chi connectivity index (χ4n) is 4.29. The van der Waals surface area contributed by atoms with Gasteiger partial charge < -0.3 is 36.1 Å². The molecular weight excluding hydrogens is 526 g/mol. The largest absolute Gasteiger partial charge is 0.508 e. The van der Waals surface area contributed by atoms with Gasteiger partial charge in [-0.2, -0.15) is 4.37 Å². The van der Waals surface area contributed by atoms with Gasteiger partial charge in [0.25, 0.3) is 11.8 Å². The van der Waals surface area contributed by atoms with Gasteiger partial charge in [0.1, 0.15) is 16.7 Å². The van der Waals surface area contributed by atoms with Gasteiger partial charge in [-0.3, -0.25) is 19.3 Å². The monoisotopic (exact) mass is 555 g/mol. The van der Waals surface area contributed by atoms with Gasteiger partial charge in [-0.25, -0.2) is 0 Å². The van der Waals surface area contributed by atoms with Crippen LogP contribution in [0.4, 0.5) is 11.4 Å². The summed E-state index contributed by atoms with van der Waals surface area (Å²) in [6.45, 7) is 0.862. The van der Waals surface area contributed by atoms with E-state index in [1.165, 1.54) is 43.4 Å². The van der Waals surface area contributed by atoms with E-state index in [9.17, 15) is 19.5 Å². The van der Waals surface area contributed by atoms with Crippen LogP contribution in [0.25, 0.3) is 0 Å². The highest BCUT2D eigenvalue weighted by Crippen LogP contribution is 2.38. The smallest absolute Gasteiger partial charge is 0.273 e. The number of carbonyl (C=O) groups is 3. The maximum Gasteiger partial charge on any atom is 0.273 e. The summed E-state index contributed by atoms with van der Waals surface area (Å²) in [4.78, 5) is 40.9. The van der Waals surface area contributed by atoms with Crippen molar-refractivity contribution in [3.8, 4) is 17.2 Å². The average Bonchev–Trinajstić information content (AvgIpc) is 3.60. The van der Waals surface area contributed by atoms with Gasteiger partial charge in [-0.15, -0.1) is 0 Å². The standard InChI is InChI=1S/C26H29N5O7S/c1-36-18-10-7-15(12-19(18)37-2)31(26(35)23-20(27)21(24(28)33)30-39-23)22(14-5-8-16(32)9-6-14)25(34)29-13-17-4-3-11-38-17/h5-10,12,17,22,32H,3-4,11,13,27H2,1-2H3,(H2,28,33)(H,29,34)/t17-,22-/m1/s1. The van der Waals surface area contributed by atoms with E-state index in [1.807, 2.05) is 0 Å². The molecule has 0 saturated carbocycles. The number of anilines is 2. The lowest BCUT2D eigenvalue weighted by Crippen LogP contribution is -2.45. The van der Waals surface area contributed by atoms with Crippen molar-refractivity contribution in [1.29, 1.82) is 0 Å². The highest BCUT2D eigenvalue weighted by molar-refractivity contribution is 7.09. The molecule has 2 aromatic carbocycles. The van der Waals surface area contributed by atoms with Gasteiger partial charge in [0.2, 0.25) is 5.91 Å². The van der Waals surface area contributed by atoms with Gasteiger partial charge >= 0.3 is 0 Å². The normalized spacial score (nSPS) is 15.4. The molecule has 1 saturated heterocycles. The number of phenols is 1. The number of aromatic nitrogens is 1. The van der Waals surface area contributed by atoms with Crippen molar-refractivity contribution in [2.45, 2.75) is 25.0 Å². The Morgan fingerprint density at radius 3 is 2.49 bits per heavy atom. The number of hydrogen-bond acceptors (Lipinski definition) is 10. The number of nitrogen functional groups attached to an aromatic ring is 1. The molecule has 0 aliphatic carbocycles. The minimum atomic E-state index is -1.23. The zero-order valence-electron chi connectivity index (χ0n) is 21.4. The predicted molar refractivity (Wildman–Crippen MR) is 144 cm³/mol. The molecule has 3 amide bonds. The average molecular weight is 556 g/mol. The third-order valence-corrected chi connectivity index (χ3v) is 7.11. The summed E-state index contributed by atoms with van der Waals surface area (Å²) in [5.41, 5.74) is 11.7. The van der Waals surface area contributed by atoms with Crippen molar-refractivity contribution in [3.63, 3.8) is 0 Å². The molecule has 39 heavy (non-hydrogen) atoms. The molecule has 1 fully saturated rings. The fourth-order valence-corrected chi connectivity index (χ4v) is 5.03. The molecule has 12 nitrogen and oxygen atoms in total. The number of ether oxygens (including phenoxy) is 3. The van der Waals surface area contributed by atoms with Gasteiger partial charge in [0.05, 0.1) is 26.0 Å². The second kappa shape index (κ2) is 12.0. The van der Waals surface area contributed by atoms with Gasteiger partial charge in [-0.05, 0) is 54.2 Å². The first-order valence-electron chi connectivity index (χ1n) is 12.0. The second-order valence-corrected chi connectivity index (χ2v) is 9.50. The maximum absolute atomic E-state index is 14.1. The van der Waals surface area contributed by atoms with Crippen LogP contribution in [0.5, 0.6) is 17.2 Å². The molecule has 0 unspecified atom stereocenters. The number of phenolic OH excluding ortho intramolecular Hbond substituents is 1. The lowest BCUT2D eigenvalue weighted by molar-refractivity contribution is -0.123. The molecule has 2 heterocycles. The Labute approximate surface area is 228 Å². The Kier molecular flexibility index (Phi) is 8.52. The van der Waals surface area contributed by atoms with Crippen LogP contribution in [0.2, 0.25) is 0 Å². The molecule has 206 valence electrons. The number of benzene rings is 2. The Hall–Kier alpha value is -4.36. The molecule has 6 N–H and O–H groups in total. The van der Waals surface area contributed by atoms with Crippen LogP contribution >= 0.6 is 11.5 Å². The molecule has 4 rings (SSSR count). The van der Waals surface area contributed by atoms with E-state index in [2.05, 4.69) is 9.69 Å². The van der Waals surface area contributed by atoms with Crippen LogP contribution in [-0.2, 0) is 9.53 Å². The minimum absolute atomic E-state index is 0.0148. The summed E-state index contributed by atoms with van der Waals surface area (Å²) in [6, 6.07) is 9.41. The van der Waals surface area contributed by atoms with Crippen LogP contribution < -0.4 is 31.2 Å². The Morgan fingerprint density at radius 2 is 1.90 bits per heavy atom. The van der Waals surface area contributed by atoms with Crippen LogP contribution in [0.15, 0.2) is 42.5 Å². The first-order chi connectivity index (χ1) is 18.7. The van der Waals surface area contributed by atoms with Crippen molar-refractivity contribution < 1.29 is 33.7 Å². The van der Waals surface area contributed by atoms with Crippen molar-refractivity contribution in [2.75, 3.05) is 38.0 Å². The summed E-state index contributed by atoms with van der Waals surface area (Å²) in [7, 11) is 2.92. The first kappa shape index (κ1) is 27.7. The summed E-state index contributed by atoms with van der Waals surface area (Å²) in [5.74, 6) is -1.38. The van der Waals surface area contributed by atoms with Crippen LogP contribution in [0.1, 0.15) is 44.6 Å². The van der Waals surface area contributed by atoms with E-state index in [-0.39, 0.29) is 40.3 Å². The molecular formula is C26H29N5O7S. The molecule has 3 aromatic rings. The van der Waals surface area contributed by atoms with Crippen molar-refractivity contribution >= 4 is 40.6 Å². The van der Waals surface area contributed by atoms with Crippen LogP contribution in [0.3, 0.4) is 0 Å².